The van der Waals surface area contributed by atoms with Gasteiger partial charge in [-0.1, -0.05) is 26.0 Å². The minimum Gasteiger partial charge on any atom is -0.508 e. The quantitative estimate of drug-likeness (QED) is 0.0321. The van der Waals surface area contributed by atoms with Gasteiger partial charge in [0.25, 0.3) is 0 Å². The third-order valence-corrected chi connectivity index (χ3v) is 8.51. The molecule has 0 saturated heterocycles. The molecule has 1 aromatic rings. The molecule has 18 nitrogen and oxygen atoms in total. The number of nitrogens with one attached hydrogen (secondary N) is 6. The van der Waals surface area contributed by atoms with Crippen molar-refractivity contribution < 1.29 is 39.0 Å². The number of hydrogen-bond acceptors (Lipinski definition) is 13. The maximum Gasteiger partial charge on any atom is 0.326 e. The lowest BCUT2D eigenvalue weighted by Crippen LogP contribution is -2.60. The summed E-state index contributed by atoms with van der Waals surface area (Å²) in [5.41, 5.74) is 23.3. The summed E-state index contributed by atoms with van der Waals surface area (Å²) >= 11 is 4.22. The van der Waals surface area contributed by atoms with E-state index in [0.717, 1.165) is 0 Å². The number of aromatic hydroxyl groups is 1. The molecule has 0 aliphatic carbocycles. The molecule has 16 N–H and O–H groups in total. The fraction of sp³-hybridized carbons (Fsp3) is 0.647. The van der Waals surface area contributed by atoms with Gasteiger partial charge in [-0.25, -0.2) is 4.79 Å². The maximum atomic E-state index is 13.6. The predicted octanol–water partition coefficient (Wildman–Crippen LogP) is -2.69. The van der Waals surface area contributed by atoms with E-state index in [-0.39, 0.29) is 62.7 Å². The number of hydrogen-bond donors (Lipinski definition) is 13. The lowest BCUT2D eigenvalue weighted by molar-refractivity contribution is -0.142. The first-order chi connectivity index (χ1) is 25.2. The summed E-state index contributed by atoms with van der Waals surface area (Å²) in [6.07, 6.45) is 1.96. The van der Waals surface area contributed by atoms with Crippen LogP contribution in [0.15, 0.2) is 24.3 Å². The molecule has 0 radical (unpaired) electrons. The normalized spacial score (nSPS) is 14.6. The molecule has 0 fully saturated rings. The van der Waals surface area contributed by atoms with Gasteiger partial charge in [0.05, 0.1) is 6.04 Å². The van der Waals surface area contributed by atoms with Gasteiger partial charge in [0, 0.05) is 18.2 Å². The molecule has 19 heteroatoms. The van der Waals surface area contributed by atoms with Crippen LogP contribution in [-0.4, -0.2) is 120 Å². The molecule has 6 atom stereocenters. The van der Waals surface area contributed by atoms with Crippen LogP contribution in [0.1, 0.15) is 64.4 Å². The number of aliphatic carboxylic acids is 1. The minimum atomic E-state index is -1.35. The Labute approximate surface area is 316 Å². The third-order valence-electron chi connectivity index (χ3n) is 8.14. The number of phenolic OH excluding ortho intramolecular Hbond substituents is 1. The van der Waals surface area contributed by atoms with Crippen molar-refractivity contribution in [2.45, 2.75) is 108 Å². The van der Waals surface area contributed by atoms with Gasteiger partial charge in [-0.2, -0.15) is 12.6 Å². The van der Waals surface area contributed by atoms with Gasteiger partial charge in [0.2, 0.25) is 29.5 Å². The molecule has 53 heavy (non-hydrogen) atoms. The van der Waals surface area contributed by atoms with Gasteiger partial charge in [0.1, 0.15) is 36.0 Å². The second-order valence-corrected chi connectivity index (χ2v) is 13.4. The van der Waals surface area contributed by atoms with E-state index in [2.05, 4.69) is 44.5 Å². The first-order valence-electron chi connectivity index (χ1n) is 17.9. The van der Waals surface area contributed by atoms with E-state index in [1.165, 1.54) is 24.3 Å². The van der Waals surface area contributed by atoms with E-state index in [9.17, 15) is 39.0 Å². The van der Waals surface area contributed by atoms with Crippen molar-refractivity contribution >= 4 is 48.1 Å². The van der Waals surface area contributed by atoms with Gasteiger partial charge in [-0.05, 0) is 88.8 Å². The molecule has 5 amide bonds. The molecular formula is C34H60N10O8S. The smallest absolute Gasteiger partial charge is 0.326 e. The molecule has 0 aliphatic rings. The first kappa shape index (κ1) is 47.0. The number of nitrogens with two attached hydrogens (primary N) is 4. The highest BCUT2D eigenvalue weighted by molar-refractivity contribution is 7.80. The number of carboxylic acids is 1. The summed E-state index contributed by atoms with van der Waals surface area (Å²) in [6.45, 7) is 4.92. The minimum absolute atomic E-state index is 0.0000804. The molecule has 1 rings (SSSR count). The van der Waals surface area contributed by atoms with Gasteiger partial charge in [-0.15, -0.1) is 0 Å². The second-order valence-electron chi connectivity index (χ2n) is 13.0. The van der Waals surface area contributed by atoms with Crippen LogP contribution in [0.25, 0.3) is 0 Å². The third kappa shape index (κ3) is 18.5. The highest BCUT2D eigenvalue weighted by Gasteiger charge is 2.32. The number of phenols is 1. The molecule has 300 valence electrons. The Bertz CT molecular complexity index is 1310. The molecule has 0 unspecified atom stereocenters. The van der Waals surface area contributed by atoms with Gasteiger partial charge < -0.3 is 65.0 Å². The largest absolute Gasteiger partial charge is 0.508 e. The number of amides is 5. The number of rotatable bonds is 27. The molecule has 0 bridgehead atoms. The van der Waals surface area contributed by atoms with Crippen LogP contribution in [-0.2, 0) is 35.2 Å². The predicted molar refractivity (Wildman–Crippen MR) is 204 cm³/mol. The van der Waals surface area contributed by atoms with Crippen LogP contribution in [0.5, 0.6) is 5.75 Å². The van der Waals surface area contributed by atoms with Gasteiger partial charge in [-0.3, -0.25) is 24.0 Å². The number of unbranched alkanes of at least 4 members (excludes halogenated alkanes) is 1. The second kappa shape index (κ2) is 25.9. The number of thiol groups is 1. The Morgan fingerprint density at radius 2 is 1.11 bits per heavy atom. The lowest BCUT2D eigenvalue weighted by Gasteiger charge is -2.27. The molecule has 0 aliphatic heterocycles. The Balaban J connectivity index is 3.13. The molecular weight excluding hydrogens is 709 g/mol. The summed E-state index contributed by atoms with van der Waals surface area (Å²) in [4.78, 5) is 78.4. The standard InChI is InChI=1S/C34H60N10O8S/c1-20(2)39-17-5-7-25(30(47)43-27(34(51)52)18-21-8-10-22(45)11-9-21)41-32(49)26(13-16-37)42-33(50)28(19-53)44-31(48)24(6-3-4-14-35)40-29(46)23(38)12-15-36/h8-11,20,23-28,39,45,53H,3-7,12-19,35-38H2,1-2H3,(H,40,46)(H,41,49)(H,42,50)(H,43,47)(H,44,48)(H,51,52)/t23-,24-,25-,26-,27-,28-/m0/s1. The van der Waals surface area contributed by atoms with E-state index >= 15 is 0 Å². The maximum absolute atomic E-state index is 13.6. The van der Waals surface area contributed by atoms with Crippen molar-refractivity contribution in [1.82, 2.24) is 31.9 Å². The van der Waals surface area contributed by atoms with E-state index in [1.807, 2.05) is 13.8 Å². The van der Waals surface area contributed by atoms with Crippen LogP contribution in [0.2, 0.25) is 0 Å². The fourth-order valence-electron chi connectivity index (χ4n) is 5.10. The summed E-state index contributed by atoms with van der Waals surface area (Å²) < 4.78 is 0. The van der Waals surface area contributed by atoms with E-state index < -0.39 is 71.8 Å². The van der Waals surface area contributed by atoms with Crippen molar-refractivity contribution in [3.05, 3.63) is 29.8 Å². The zero-order chi connectivity index (χ0) is 39.9. The number of carbonyl (C=O) groups is 6. The summed E-state index contributed by atoms with van der Waals surface area (Å²) in [5, 5.41) is 35.5. The van der Waals surface area contributed by atoms with Crippen LogP contribution < -0.4 is 54.8 Å². The SMILES string of the molecule is CC(C)NCCC[C@H](NC(=O)[C@H](CCN)NC(=O)[C@H](CS)NC(=O)[C@H](CCCCN)NC(=O)[C@@H](N)CCN)C(=O)N[C@@H](Cc1ccc(O)cc1)C(=O)O. The van der Waals surface area contributed by atoms with E-state index in [1.54, 1.807) is 0 Å². The highest BCUT2D eigenvalue weighted by Crippen LogP contribution is 2.12. The zero-order valence-corrected chi connectivity index (χ0v) is 31.5. The summed E-state index contributed by atoms with van der Waals surface area (Å²) in [6, 6.07) is -0.945. The fourth-order valence-corrected chi connectivity index (χ4v) is 5.36. The average molecular weight is 769 g/mol. The lowest BCUT2D eigenvalue weighted by atomic mass is 10.0. The summed E-state index contributed by atoms with van der Waals surface area (Å²) in [7, 11) is 0. The molecule has 0 spiro atoms. The Hall–Kier alpha value is -4.01. The van der Waals surface area contributed by atoms with Crippen LogP contribution >= 0.6 is 12.6 Å². The molecule has 0 aromatic heterocycles. The van der Waals surface area contributed by atoms with Gasteiger partial charge in [0.15, 0.2) is 0 Å². The zero-order valence-electron chi connectivity index (χ0n) is 30.6. The monoisotopic (exact) mass is 768 g/mol. The van der Waals surface area contributed by atoms with E-state index in [4.69, 9.17) is 22.9 Å². The van der Waals surface area contributed by atoms with Crippen molar-refractivity contribution in [1.29, 1.82) is 0 Å². The van der Waals surface area contributed by atoms with Crippen LogP contribution in [0.4, 0.5) is 0 Å². The Morgan fingerprint density at radius 3 is 1.60 bits per heavy atom. The van der Waals surface area contributed by atoms with Crippen LogP contribution in [0, 0.1) is 0 Å². The van der Waals surface area contributed by atoms with Crippen molar-refractivity contribution in [2.75, 3.05) is 31.9 Å². The topological polar surface area (TPSA) is 319 Å². The average Bonchev–Trinajstić information content (AvgIpc) is 3.11. The Kier molecular flexibility index (Phi) is 23.0. The number of carboxylic acid groups (broad SMARTS) is 1. The molecule has 1 aromatic carbocycles. The van der Waals surface area contributed by atoms with Crippen molar-refractivity contribution in [3.63, 3.8) is 0 Å². The Morgan fingerprint density at radius 1 is 0.642 bits per heavy atom. The van der Waals surface area contributed by atoms with E-state index in [0.29, 0.717) is 37.9 Å². The van der Waals surface area contributed by atoms with Crippen LogP contribution in [0.3, 0.4) is 0 Å². The van der Waals surface area contributed by atoms with Crippen molar-refractivity contribution in [3.8, 4) is 5.75 Å². The number of benzene rings is 1. The van der Waals surface area contributed by atoms with Crippen molar-refractivity contribution in [2.24, 2.45) is 22.9 Å². The number of carbonyl (C=O) groups excluding carboxylic acids is 5. The summed E-state index contributed by atoms with van der Waals surface area (Å²) in [5.74, 6) is -4.99. The first-order valence-corrected chi connectivity index (χ1v) is 18.5. The van der Waals surface area contributed by atoms with Gasteiger partial charge >= 0.3 is 5.97 Å². The molecule has 0 heterocycles. The molecule has 0 saturated carbocycles. The highest BCUT2D eigenvalue weighted by atomic mass is 32.1.